The van der Waals surface area contributed by atoms with Gasteiger partial charge in [0.2, 0.25) is 0 Å². The van der Waals surface area contributed by atoms with Gasteiger partial charge in [-0.25, -0.2) is 18.0 Å². The number of nitrogens with one attached hydrogen (secondary N) is 2. The summed E-state index contributed by atoms with van der Waals surface area (Å²) in [7, 11) is -3.45. The van der Waals surface area contributed by atoms with E-state index in [9.17, 15) is 18.0 Å². The van der Waals surface area contributed by atoms with Crippen LogP contribution in [-0.4, -0.2) is 65.4 Å². The third-order valence-corrected chi connectivity index (χ3v) is 10.5. The van der Waals surface area contributed by atoms with E-state index >= 15 is 0 Å². The van der Waals surface area contributed by atoms with Crippen LogP contribution in [0, 0.1) is 11.8 Å². The minimum absolute atomic E-state index is 0.100. The Morgan fingerprint density at radius 3 is 1.65 bits per heavy atom. The first-order valence-corrected chi connectivity index (χ1v) is 21.6. The first-order chi connectivity index (χ1) is 25.2. The normalized spacial score (nSPS) is 13.3. The van der Waals surface area contributed by atoms with Gasteiger partial charge in [0.1, 0.15) is 11.2 Å². The fourth-order valence-electron chi connectivity index (χ4n) is 5.75. The lowest BCUT2D eigenvalue weighted by atomic mass is 10.1. The Morgan fingerprint density at radius 2 is 1.15 bits per heavy atom. The van der Waals surface area contributed by atoms with Crippen molar-refractivity contribution < 1.29 is 27.5 Å². The highest BCUT2D eigenvalue weighted by atomic mass is 32.2. The number of hydrogen-bond donors (Lipinski definition) is 2. The van der Waals surface area contributed by atoms with Gasteiger partial charge in [0.25, 0.3) is 0 Å². The Labute approximate surface area is 326 Å². The molecule has 4 rings (SSSR count). The van der Waals surface area contributed by atoms with Crippen LogP contribution in [0.2, 0.25) is 0 Å². The molecule has 0 fully saturated rings. The Bertz CT molecular complexity index is 1920. The van der Waals surface area contributed by atoms with Crippen molar-refractivity contribution in [2.24, 2.45) is 11.8 Å². The number of hydrogen-bond acceptors (Lipinski definition) is 9. The molecule has 0 radical (unpaired) electrons. The molecule has 0 unspecified atom stereocenters. The third kappa shape index (κ3) is 17.5. The van der Waals surface area contributed by atoms with E-state index in [1.165, 1.54) is 5.56 Å². The number of carbonyl (C=O) groups is 2. The van der Waals surface area contributed by atoms with E-state index < -0.39 is 33.2 Å². The highest BCUT2D eigenvalue weighted by Gasteiger charge is 2.25. The SMILES string of the molecule is CC(C)C[C@@H](CS(=O)(=O)Cc1cnc2ccccc2c1)NC(=O)OC(C)(C)C.CC(C)C[C@@H](CSCc1cnc2ccccc2c1)NC(=O)OC(C)(C)C. The van der Waals surface area contributed by atoms with E-state index in [0.717, 1.165) is 39.7 Å². The fourth-order valence-corrected chi connectivity index (χ4v) is 8.38. The van der Waals surface area contributed by atoms with Crippen LogP contribution in [0.4, 0.5) is 9.59 Å². The highest BCUT2D eigenvalue weighted by Crippen LogP contribution is 2.21. The van der Waals surface area contributed by atoms with Gasteiger partial charge in [-0.2, -0.15) is 11.8 Å². The number of pyridine rings is 2. The molecule has 0 aliphatic rings. The highest BCUT2D eigenvalue weighted by molar-refractivity contribution is 7.98. The van der Waals surface area contributed by atoms with Crippen molar-refractivity contribution in [1.82, 2.24) is 20.6 Å². The number of para-hydroxylation sites is 2. The van der Waals surface area contributed by atoms with Gasteiger partial charge < -0.3 is 20.1 Å². The van der Waals surface area contributed by atoms with Gasteiger partial charge in [-0.1, -0.05) is 64.1 Å². The Morgan fingerprint density at radius 1 is 0.704 bits per heavy atom. The molecule has 2 N–H and O–H groups in total. The summed E-state index contributed by atoms with van der Waals surface area (Å²) in [6.45, 7) is 19.3. The molecule has 2 aromatic carbocycles. The molecule has 2 amide bonds. The monoisotopic (exact) mass is 780 g/mol. The summed E-state index contributed by atoms with van der Waals surface area (Å²) >= 11 is 1.81. The number of sulfone groups is 1. The number of nitrogens with zero attached hydrogens (tertiary/aromatic N) is 2. The average Bonchev–Trinajstić information content (AvgIpc) is 3.02. The third-order valence-electron chi connectivity index (χ3n) is 7.68. The summed E-state index contributed by atoms with van der Waals surface area (Å²) < 4.78 is 36.2. The number of alkyl carbamates (subject to hydrolysis) is 2. The number of rotatable bonds is 14. The summed E-state index contributed by atoms with van der Waals surface area (Å²) in [5.41, 5.74) is 2.57. The lowest BCUT2D eigenvalue weighted by molar-refractivity contribution is 0.0492. The van der Waals surface area contributed by atoms with E-state index in [-0.39, 0.29) is 29.6 Å². The van der Waals surface area contributed by atoms with Crippen LogP contribution in [0.15, 0.2) is 73.1 Å². The van der Waals surface area contributed by atoms with Crippen LogP contribution < -0.4 is 10.6 Å². The van der Waals surface area contributed by atoms with Gasteiger partial charge in [0, 0.05) is 46.8 Å². The number of thioether (sulfide) groups is 1. The Hall–Kier alpha value is -3.90. The lowest BCUT2D eigenvalue weighted by Crippen LogP contribution is -2.43. The first kappa shape index (κ1) is 44.5. The molecule has 4 aromatic rings. The summed E-state index contributed by atoms with van der Waals surface area (Å²) in [6.07, 6.45) is 4.08. The maximum atomic E-state index is 12.8. The maximum absolute atomic E-state index is 12.8. The van der Waals surface area contributed by atoms with Gasteiger partial charge in [0.15, 0.2) is 9.84 Å². The second-order valence-electron chi connectivity index (χ2n) is 16.6. The zero-order valence-electron chi connectivity index (χ0n) is 33.6. The van der Waals surface area contributed by atoms with Crippen LogP contribution in [0.25, 0.3) is 21.8 Å². The van der Waals surface area contributed by atoms with Gasteiger partial charge >= 0.3 is 12.2 Å². The van der Waals surface area contributed by atoms with Crippen molar-refractivity contribution in [1.29, 1.82) is 0 Å². The molecule has 0 saturated carbocycles. The number of ether oxygens (including phenoxy) is 2. The van der Waals surface area contributed by atoms with Crippen LogP contribution in [0.3, 0.4) is 0 Å². The second-order valence-corrected chi connectivity index (χ2v) is 19.7. The maximum Gasteiger partial charge on any atom is 0.407 e. The number of benzene rings is 2. The molecule has 2 aromatic heterocycles. The predicted octanol–water partition coefficient (Wildman–Crippen LogP) is 9.50. The van der Waals surface area contributed by atoms with E-state index in [1.807, 2.05) is 101 Å². The van der Waals surface area contributed by atoms with E-state index in [1.54, 1.807) is 27.0 Å². The summed E-state index contributed by atoms with van der Waals surface area (Å²) in [4.78, 5) is 33.0. The lowest BCUT2D eigenvalue weighted by Gasteiger charge is -2.24. The molecule has 0 spiro atoms. The topological polar surface area (TPSA) is 137 Å². The minimum atomic E-state index is -3.45. The van der Waals surface area contributed by atoms with Crippen molar-refractivity contribution in [3.63, 3.8) is 0 Å². The largest absolute Gasteiger partial charge is 0.444 e. The molecule has 10 nitrogen and oxygen atoms in total. The van der Waals surface area contributed by atoms with Crippen LogP contribution in [0.1, 0.15) is 93.2 Å². The summed E-state index contributed by atoms with van der Waals surface area (Å²) in [6, 6.07) is 19.4. The molecule has 296 valence electrons. The zero-order chi connectivity index (χ0) is 40.1. The van der Waals surface area contributed by atoms with Crippen LogP contribution in [-0.2, 0) is 30.8 Å². The van der Waals surface area contributed by atoms with Crippen molar-refractivity contribution in [2.45, 2.75) is 117 Å². The molecule has 0 aliphatic carbocycles. The van der Waals surface area contributed by atoms with Crippen molar-refractivity contribution in [2.75, 3.05) is 11.5 Å². The van der Waals surface area contributed by atoms with E-state index in [2.05, 4.69) is 46.6 Å². The number of aromatic nitrogens is 2. The molecule has 12 heteroatoms. The van der Waals surface area contributed by atoms with Gasteiger partial charge in [0.05, 0.1) is 22.5 Å². The standard InChI is InChI=1S/C21H30N2O4S.C21H30N2O2S/c1-15(2)10-18(23-20(24)27-21(3,4)5)14-28(25,26)13-16-11-17-8-6-7-9-19(17)22-12-16;1-15(2)10-18(23-20(24)25-21(3,4)5)14-26-13-16-11-17-8-6-7-9-19(17)22-12-16/h6-9,11-12,15,18H,10,13-14H2,1-5H3,(H,23,24);6-9,11-12,15,18H,10,13-14H2,1-5H3,(H,23,24)/t2*18-/m00/s1. The van der Waals surface area contributed by atoms with E-state index in [0.29, 0.717) is 17.9 Å². The number of amides is 2. The molecular weight excluding hydrogens is 721 g/mol. The first-order valence-electron chi connectivity index (χ1n) is 18.6. The molecule has 0 aliphatic heterocycles. The average molecular weight is 781 g/mol. The molecular formula is C42H60N4O6S2. The van der Waals surface area contributed by atoms with Gasteiger partial charge in [-0.15, -0.1) is 0 Å². The molecule has 0 saturated heterocycles. The molecule has 54 heavy (non-hydrogen) atoms. The number of carbonyl (C=O) groups excluding carboxylic acids is 2. The van der Waals surface area contributed by atoms with Crippen molar-refractivity contribution in [3.8, 4) is 0 Å². The fraction of sp³-hybridized carbons (Fsp3) is 0.524. The zero-order valence-corrected chi connectivity index (χ0v) is 35.3. The summed E-state index contributed by atoms with van der Waals surface area (Å²) in [5, 5.41) is 7.81. The van der Waals surface area contributed by atoms with Gasteiger partial charge in [-0.05, 0) is 102 Å². The molecule has 2 heterocycles. The minimum Gasteiger partial charge on any atom is -0.444 e. The van der Waals surface area contributed by atoms with Gasteiger partial charge in [-0.3, -0.25) is 9.97 Å². The number of fused-ring (bicyclic) bond motifs is 2. The van der Waals surface area contributed by atoms with E-state index in [4.69, 9.17) is 9.47 Å². The Balaban J connectivity index is 0.000000291. The van der Waals surface area contributed by atoms with Crippen LogP contribution in [0.5, 0.6) is 0 Å². The smallest absolute Gasteiger partial charge is 0.407 e. The second kappa shape index (κ2) is 20.1. The van der Waals surface area contributed by atoms with Crippen molar-refractivity contribution >= 4 is 55.6 Å². The molecule has 2 atom stereocenters. The Kier molecular flexibility index (Phi) is 16.6. The summed E-state index contributed by atoms with van der Waals surface area (Å²) in [5.74, 6) is 2.22. The predicted molar refractivity (Wildman–Crippen MR) is 222 cm³/mol. The van der Waals surface area contributed by atoms with Crippen LogP contribution >= 0.6 is 11.8 Å². The quantitative estimate of drug-likeness (QED) is 0.128. The van der Waals surface area contributed by atoms with Crippen molar-refractivity contribution in [3.05, 3.63) is 84.2 Å². The molecule has 0 bridgehead atoms.